The van der Waals surface area contributed by atoms with E-state index in [0.717, 1.165) is 18.9 Å². The molecule has 0 radical (unpaired) electrons. The van der Waals surface area contributed by atoms with Crippen LogP contribution in [-0.4, -0.2) is 23.5 Å². The maximum absolute atomic E-state index is 13.3. The quantitative estimate of drug-likeness (QED) is 0.127. The van der Waals surface area contributed by atoms with Gasteiger partial charge in [0, 0.05) is 34.9 Å². The van der Waals surface area contributed by atoms with E-state index in [1.165, 1.54) is 18.2 Å². The first-order valence-corrected chi connectivity index (χ1v) is 13.0. The highest BCUT2D eigenvalue weighted by atomic mass is 19.4. The highest BCUT2D eigenvalue weighted by Gasteiger charge is 2.43. The highest BCUT2D eigenvalue weighted by molar-refractivity contribution is 5.85. The van der Waals surface area contributed by atoms with Gasteiger partial charge in [-0.25, -0.2) is 9.59 Å². The molecule has 0 fully saturated rings. The molecule has 40 heavy (non-hydrogen) atoms. The number of halogens is 3. The van der Waals surface area contributed by atoms with Gasteiger partial charge < -0.3 is 18.6 Å². The van der Waals surface area contributed by atoms with E-state index >= 15 is 0 Å². The van der Waals surface area contributed by atoms with E-state index < -0.39 is 34.6 Å². The van der Waals surface area contributed by atoms with Crippen molar-refractivity contribution in [2.75, 3.05) is 0 Å². The fraction of sp³-hybridized carbons (Fsp3) is 0.419. The molecule has 0 saturated carbocycles. The Kier molecular flexibility index (Phi) is 8.77. The number of carbonyl (C=O) groups excluding carboxylic acids is 1. The zero-order chi connectivity index (χ0) is 29.9. The van der Waals surface area contributed by atoms with E-state index in [4.69, 9.17) is 13.9 Å². The van der Waals surface area contributed by atoms with Crippen molar-refractivity contribution in [1.29, 1.82) is 0 Å². The van der Waals surface area contributed by atoms with Gasteiger partial charge in [-0.1, -0.05) is 51.2 Å². The molecule has 0 bridgehead atoms. The maximum atomic E-state index is 13.3. The first-order chi connectivity index (χ1) is 18.5. The molecule has 1 aliphatic rings. The lowest BCUT2D eigenvalue weighted by Gasteiger charge is -2.40. The molecule has 0 N–H and O–H groups in total. The number of hydrogen-bond acceptors (Lipinski definition) is 6. The molecule has 1 atom stereocenters. The smallest absolute Gasteiger partial charge is 0.484 e. The molecule has 0 saturated heterocycles. The summed E-state index contributed by atoms with van der Waals surface area (Å²) in [6.07, 6.45) is 4.79. The van der Waals surface area contributed by atoms with Gasteiger partial charge >= 0.3 is 18.0 Å². The van der Waals surface area contributed by atoms with Gasteiger partial charge in [0.2, 0.25) is 0 Å². The van der Waals surface area contributed by atoms with Crippen LogP contribution in [0.15, 0.2) is 76.2 Å². The van der Waals surface area contributed by atoms with Crippen molar-refractivity contribution < 1.29 is 36.6 Å². The topological polar surface area (TPSA) is 75.0 Å². The van der Waals surface area contributed by atoms with E-state index in [9.17, 15) is 22.8 Å². The first kappa shape index (κ1) is 30.8. The second kappa shape index (κ2) is 11.4. The Morgan fingerprint density at radius 2 is 1.82 bits per heavy atom. The molecule has 1 aliphatic carbocycles. The molecule has 216 valence electrons. The van der Waals surface area contributed by atoms with Gasteiger partial charge in [-0.2, -0.15) is 0 Å². The van der Waals surface area contributed by atoms with Crippen LogP contribution in [0, 0.1) is 5.41 Å². The van der Waals surface area contributed by atoms with Gasteiger partial charge in [-0.15, -0.1) is 13.2 Å². The third kappa shape index (κ3) is 7.25. The Balaban J connectivity index is 2.00. The summed E-state index contributed by atoms with van der Waals surface area (Å²) in [6, 6.07) is 6.24. The normalized spacial score (nSPS) is 18.3. The summed E-state index contributed by atoms with van der Waals surface area (Å²) in [6.45, 7) is 14.1. The zero-order valence-corrected chi connectivity index (χ0v) is 23.6. The highest BCUT2D eigenvalue weighted by Crippen LogP contribution is 2.41. The third-order valence-corrected chi connectivity index (χ3v) is 7.01. The monoisotopic (exact) mass is 560 g/mol. The molecule has 0 aliphatic heterocycles. The second-order valence-electron chi connectivity index (χ2n) is 11.0. The minimum absolute atomic E-state index is 0.0154. The van der Waals surface area contributed by atoms with Gasteiger partial charge in [-0.05, 0) is 52.3 Å². The molecule has 1 aromatic heterocycles. The fourth-order valence-electron chi connectivity index (χ4n) is 4.15. The van der Waals surface area contributed by atoms with Crippen molar-refractivity contribution in [1.82, 2.24) is 0 Å². The number of allylic oxidation sites excluding steroid dienone is 6. The Hall–Kier alpha value is -3.75. The van der Waals surface area contributed by atoms with Gasteiger partial charge in [0.25, 0.3) is 0 Å². The molecular formula is C31H35F3O6. The van der Waals surface area contributed by atoms with Crippen molar-refractivity contribution in [2.24, 2.45) is 5.41 Å². The number of alkyl halides is 3. The Morgan fingerprint density at radius 3 is 2.45 bits per heavy atom. The molecule has 1 unspecified atom stereocenters. The van der Waals surface area contributed by atoms with Crippen LogP contribution in [0.4, 0.5) is 13.2 Å². The van der Waals surface area contributed by atoms with Crippen LogP contribution in [0.3, 0.4) is 0 Å². The molecule has 0 spiro atoms. The second-order valence-corrected chi connectivity index (χ2v) is 11.0. The minimum Gasteiger partial charge on any atom is -0.484 e. The van der Waals surface area contributed by atoms with Crippen LogP contribution in [-0.2, 0) is 14.3 Å². The van der Waals surface area contributed by atoms with Crippen LogP contribution < -0.4 is 10.4 Å². The van der Waals surface area contributed by atoms with Crippen LogP contribution in [0.2, 0.25) is 0 Å². The van der Waals surface area contributed by atoms with Crippen LogP contribution in [0.1, 0.15) is 66.4 Å². The first-order valence-electron chi connectivity index (χ1n) is 13.0. The van der Waals surface area contributed by atoms with E-state index in [1.54, 1.807) is 52.8 Å². The van der Waals surface area contributed by atoms with Crippen LogP contribution in [0.5, 0.6) is 5.75 Å². The Morgan fingerprint density at radius 1 is 1.12 bits per heavy atom. The molecule has 6 nitrogen and oxygen atoms in total. The number of hydrogen-bond donors (Lipinski definition) is 0. The minimum atomic E-state index is -4.93. The lowest BCUT2D eigenvalue weighted by Crippen LogP contribution is -2.52. The molecule has 2 aromatic rings. The molecular weight excluding hydrogens is 525 g/mol. The zero-order valence-electron chi connectivity index (χ0n) is 23.6. The number of esters is 1. The molecule has 0 amide bonds. The number of unbranched alkanes of at least 4 members (excludes halogenated alkanes) is 1. The number of rotatable bonds is 10. The van der Waals surface area contributed by atoms with Crippen molar-refractivity contribution in [3.05, 3.63) is 83.0 Å². The Labute approximate surface area is 231 Å². The molecule has 1 aromatic carbocycles. The number of fused-ring (bicyclic) bond motifs is 1. The fourth-order valence-corrected chi connectivity index (χ4v) is 4.15. The van der Waals surface area contributed by atoms with Crippen molar-refractivity contribution >= 4 is 22.5 Å². The van der Waals surface area contributed by atoms with Crippen LogP contribution >= 0.6 is 0 Å². The van der Waals surface area contributed by atoms with E-state index in [1.807, 2.05) is 19.1 Å². The lowest BCUT2D eigenvalue weighted by molar-refractivity contribution is -0.306. The summed E-state index contributed by atoms with van der Waals surface area (Å²) >= 11 is 0. The largest absolute Gasteiger partial charge is 0.572 e. The molecule has 9 heteroatoms. The van der Waals surface area contributed by atoms with Gasteiger partial charge in [0.15, 0.2) is 0 Å². The van der Waals surface area contributed by atoms with Gasteiger partial charge in [0.1, 0.15) is 28.3 Å². The summed E-state index contributed by atoms with van der Waals surface area (Å²) in [5.74, 6) is -0.622. The number of carbonyl (C=O) groups is 1. The van der Waals surface area contributed by atoms with E-state index in [-0.39, 0.29) is 28.9 Å². The SMILES string of the molecule is C=CC(=O)OC(C)(C)C(C)(C)Oc1ccc2cc(C3=C(OC(F)(F)F)CC(C)(/C=C/CCC)C=C3)c(=O)oc2c1. The summed E-state index contributed by atoms with van der Waals surface area (Å²) in [5, 5.41) is 0.473. The summed E-state index contributed by atoms with van der Waals surface area (Å²) in [5.41, 5.74) is -3.43. The summed E-state index contributed by atoms with van der Waals surface area (Å²) in [4.78, 5) is 24.8. The van der Waals surface area contributed by atoms with Crippen molar-refractivity contribution in [3.63, 3.8) is 0 Å². The molecule has 1 heterocycles. The average Bonchev–Trinajstić information content (AvgIpc) is 2.82. The van der Waals surface area contributed by atoms with Gasteiger partial charge in [-0.3, -0.25) is 0 Å². The van der Waals surface area contributed by atoms with Crippen molar-refractivity contribution in [3.8, 4) is 5.75 Å². The maximum Gasteiger partial charge on any atom is 0.572 e. The number of benzene rings is 1. The Bertz CT molecular complexity index is 1420. The molecule has 3 rings (SSSR count). The van der Waals surface area contributed by atoms with Crippen LogP contribution in [0.25, 0.3) is 16.5 Å². The lowest BCUT2D eigenvalue weighted by atomic mass is 9.79. The van der Waals surface area contributed by atoms with Crippen molar-refractivity contribution in [2.45, 2.75) is 78.4 Å². The third-order valence-electron chi connectivity index (χ3n) is 7.01. The van der Waals surface area contributed by atoms with Gasteiger partial charge in [0.05, 0.1) is 5.56 Å². The van der Waals surface area contributed by atoms with E-state index in [0.29, 0.717) is 11.1 Å². The van der Waals surface area contributed by atoms with E-state index in [2.05, 4.69) is 11.3 Å². The predicted molar refractivity (Wildman–Crippen MR) is 148 cm³/mol. The summed E-state index contributed by atoms with van der Waals surface area (Å²) < 4.78 is 61.5. The number of ether oxygens (including phenoxy) is 3. The standard InChI is InChI=1S/C31H35F3O6/c1-8-10-11-15-30(7)16-14-22(25(19-30)39-31(32,33)34)23-17-20-12-13-21(18-24(20)37-27(23)36)38-28(3,4)29(5,6)40-26(35)9-2/h9,11-18H,2,8,10,19H2,1,3-7H3/b15-11+. The predicted octanol–water partition coefficient (Wildman–Crippen LogP) is 8.03. The average molecular weight is 561 g/mol. The summed E-state index contributed by atoms with van der Waals surface area (Å²) in [7, 11) is 0.